The van der Waals surface area contributed by atoms with Gasteiger partial charge in [-0.15, -0.1) is 0 Å². The van der Waals surface area contributed by atoms with Gasteiger partial charge in [0.25, 0.3) is 11.8 Å². The molecule has 1 aromatic carbocycles. The van der Waals surface area contributed by atoms with Crippen LogP contribution in [0.4, 0.5) is 4.39 Å². The van der Waals surface area contributed by atoms with Crippen LogP contribution < -0.4 is 5.32 Å². The highest BCUT2D eigenvalue weighted by Crippen LogP contribution is 2.19. The molecular formula is C18H18FN3O3. The first-order valence-corrected chi connectivity index (χ1v) is 8.03. The summed E-state index contributed by atoms with van der Waals surface area (Å²) in [5.74, 6) is -1.42. The van der Waals surface area contributed by atoms with E-state index in [2.05, 4.69) is 10.3 Å². The monoisotopic (exact) mass is 343 g/mol. The van der Waals surface area contributed by atoms with Gasteiger partial charge in [-0.05, 0) is 43.2 Å². The lowest BCUT2D eigenvalue weighted by molar-refractivity contribution is 0.0698. The maximum atomic E-state index is 13.2. The molecule has 1 fully saturated rings. The highest BCUT2D eigenvalue weighted by atomic mass is 19.1. The molecule has 2 aromatic rings. The minimum atomic E-state index is -0.583. The molecule has 130 valence electrons. The standard InChI is InChI=1S/C18H18FN3O3/c19-13-1-2-16(23)15(11-13)17(24)21-14-5-9-22(10-6-14)18(25)12-3-7-20-8-4-12/h1-4,7-8,11,14,23H,5-6,9-10H2,(H,21,24). The molecule has 3 rings (SSSR count). The van der Waals surface area contributed by atoms with Crippen molar-refractivity contribution < 1.29 is 19.1 Å². The summed E-state index contributed by atoms with van der Waals surface area (Å²) in [6.45, 7) is 1.03. The average Bonchev–Trinajstić information content (AvgIpc) is 2.64. The van der Waals surface area contributed by atoms with Gasteiger partial charge in [-0.3, -0.25) is 14.6 Å². The molecule has 0 atom stereocenters. The number of hydrogen-bond acceptors (Lipinski definition) is 4. The summed E-state index contributed by atoms with van der Waals surface area (Å²) >= 11 is 0. The van der Waals surface area contributed by atoms with Gasteiger partial charge in [0, 0.05) is 37.1 Å². The number of pyridine rings is 1. The molecule has 0 unspecified atom stereocenters. The highest BCUT2D eigenvalue weighted by Gasteiger charge is 2.25. The lowest BCUT2D eigenvalue weighted by atomic mass is 10.0. The van der Waals surface area contributed by atoms with Crippen LogP contribution in [0.25, 0.3) is 0 Å². The highest BCUT2D eigenvalue weighted by molar-refractivity contribution is 5.97. The van der Waals surface area contributed by atoms with Crippen molar-refractivity contribution in [2.75, 3.05) is 13.1 Å². The Morgan fingerprint density at radius 3 is 2.52 bits per heavy atom. The number of piperidine rings is 1. The molecular weight excluding hydrogens is 325 g/mol. The Labute approximate surface area is 144 Å². The fourth-order valence-electron chi connectivity index (χ4n) is 2.86. The predicted octanol–water partition coefficient (Wildman–Crippen LogP) is 1.96. The van der Waals surface area contributed by atoms with Crippen LogP contribution in [-0.2, 0) is 0 Å². The van der Waals surface area contributed by atoms with Gasteiger partial charge >= 0.3 is 0 Å². The summed E-state index contributed by atoms with van der Waals surface area (Å²) in [4.78, 5) is 30.2. The minimum Gasteiger partial charge on any atom is -0.507 e. The van der Waals surface area contributed by atoms with Crippen molar-refractivity contribution in [1.29, 1.82) is 0 Å². The molecule has 1 saturated heterocycles. The number of nitrogens with zero attached hydrogens (tertiary/aromatic N) is 2. The lowest BCUT2D eigenvalue weighted by Gasteiger charge is -2.32. The minimum absolute atomic E-state index is 0.0602. The topological polar surface area (TPSA) is 82.5 Å². The Hall–Kier alpha value is -2.96. The third kappa shape index (κ3) is 3.93. The number of halogens is 1. The van der Waals surface area contributed by atoms with Crippen molar-refractivity contribution in [3.63, 3.8) is 0 Å². The van der Waals surface area contributed by atoms with E-state index in [9.17, 15) is 19.1 Å². The third-order valence-electron chi connectivity index (χ3n) is 4.25. The second kappa shape index (κ2) is 7.29. The number of phenolic OH excluding ortho intramolecular Hbond substituents is 1. The van der Waals surface area contributed by atoms with Crippen molar-refractivity contribution in [3.8, 4) is 5.75 Å². The fourth-order valence-corrected chi connectivity index (χ4v) is 2.86. The normalized spacial score (nSPS) is 15.0. The summed E-state index contributed by atoms with van der Waals surface area (Å²) in [5.41, 5.74) is 0.498. The molecule has 1 aliphatic heterocycles. The van der Waals surface area contributed by atoms with Crippen molar-refractivity contribution in [1.82, 2.24) is 15.2 Å². The van der Waals surface area contributed by atoms with Gasteiger partial charge in [0.2, 0.25) is 0 Å². The van der Waals surface area contributed by atoms with E-state index in [1.54, 1.807) is 29.4 Å². The van der Waals surface area contributed by atoms with Crippen LogP contribution in [0.2, 0.25) is 0 Å². The molecule has 1 aliphatic rings. The zero-order chi connectivity index (χ0) is 17.8. The second-order valence-electron chi connectivity index (χ2n) is 5.94. The average molecular weight is 343 g/mol. The molecule has 2 amide bonds. The number of nitrogens with one attached hydrogen (secondary N) is 1. The number of aromatic hydroxyl groups is 1. The molecule has 7 heteroatoms. The number of phenols is 1. The van der Waals surface area contributed by atoms with Gasteiger partial charge in [-0.1, -0.05) is 0 Å². The number of carbonyl (C=O) groups excluding carboxylic acids is 2. The van der Waals surface area contributed by atoms with Crippen LogP contribution in [0.3, 0.4) is 0 Å². The van der Waals surface area contributed by atoms with E-state index in [0.717, 1.165) is 18.2 Å². The number of benzene rings is 1. The summed E-state index contributed by atoms with van der Waals surface area (Å²) < 4.78 is 13.2. The van der Waals surface area contributed by atoms with E-state index in [1.807, 2.05) is 0 Å². The Kier molecular flexibility index (Phi) is 4.92. The summed E-state index contributed by atoms with van der Waals surface area (Å²) in [6.07, 6.45) is 4.34. The second-order valence-corrected chi connectivity index (χ2v) is 5.94. The Balaban J connectivity index is 1.57. The first-order chi connectivity index (χ1) is 12.0. The number of carbonyl (C=O) groups is 2. The van der Waals surface area contributed by atoms with E-state index in [1.165, 1.54) is 0 Å². The molecule has 6 nitrogen and oxygen atoms in total. The van der Waals surface area contributed by atoms with Gasteiger partial charge in [0.15, 0.2) is 0 Å². The summed E-state index contributed by atoms with van der Waals surface area (Å²) in [5, 5.41) is 12.5. The number of rotatable bonds is 3. The van der Waals surface area contributed by atoms with E-state index in [-0.39, 0.29) is 23.3 Å². The molecule has 2 heterocycles. The SMILES string of the molecule is O=C(NC1CCN(C(=O)c2ccncc2)CC1)c1cc(F)ccc1O. The largest absolute Gasteiger partial charge is 0.507 e. The molecule has 0 aliphatic carbocycles. The van der Waals surface area contributed by atoms with Gasteiger partial charge < -0.3 is 15.3 Å². The molecule has 0 bridgehead atoms. The Morgan fingerprint density at radius 2 is 1.84 bits per heavy atom. The lowest BCUT2D eigenvalue weighted by Crippen LogP contribution is -2.46. The number of amides is 2. The first kappa shape index (κ1) is 16.9. The van der Waals surface area contributed by atoms with Crippen LogP contribution >= 0.6 is 0 Å². The van der Waals surface area contributed by atoms with Crippen LogP contribution in [0.1, 0.15) is 33.6 Å². The quantitative estimate of drug-likeness (QED) is 0.892. The maximum Gasteiger partial charge on any atom is 0.255 e. The van der Waals surface area contributed by atoms with Gasteiger partial charge in [0.1, 0.15) is 11.6 Å². The molecule has 25 heavy (non-hydrogen) atoms. The van der Waals surface area contributed by atoms with Crippen molar-refractivity contribution in [3.05, 3.63) is 59.7 Å². The number of hydrogen-bond donors (Lipinski definition) is 2. The molecule has 1 aromatic heterocycles. The van der Waals surface area contributed by atoms with Crippen molar-refractivity contribution in [2.24, 2.45) is 0 Å². The van der Waals surface area contributed by atoms with Crippen LogP contribution in [0, 0.1) is 5.82 Å². The van der Waals surface area contributed by atoms with Gasteiger partial charge in [-0.2, -0.15) is 0 Å². The first-order valence-electron chi connectivity index (χ1n) is 8.03. The Bertz CT molecular complexity index is 774. The van der Waals surface area contributed by atoms with E-state index in [4.69, 9.17) is 0 Å². The van der Waals surface area contributed by atoms with Crippen LogP contribution in [0.5, 0.6) is 5.75 Å². The molecule has 0 radical (unpaired) electrons. The maximum absolute atomic E-state index is 13.2. The summed E-state index contributed by atoms with van der Waals surface area (Å²) in [6, 6.07) is 6.46. The van der Waals surface area contributed by atoms with Gasteiger partial charge in [0.05, 0.1) is 5.56 Å². The number of aromatic nitrogens is 1. The predicted molar refractivity (Wildman–Crippen MR) is 88.7 cm³/mol. The van der Waals surface area contributed by atoms with Crippen LogP contribution in [-0.4, -0.2) is 45.9 Å². The van der Waals surface area contributed by atoms with E-state index < -0.39 is 11.7 Å². The molecule has 2 N–H and O–H groups in total. The smallest absolute Gasteiger partial charge is 0.255 e. The van der Waals surface area contributed by atoms with E-state index in [0.29, 0.717) is 31.5 Å². The Morgan fingerprint density at radius 1 is 1.16 bits per heavy atom. The zero-order valence-electron chi connectivity index (χ0n) is 13.5. The van der Waals surface area contributed by atoms with Crippen molar-refractivity contribution >= 4 is 11.8 Å². The van der Waals surface area contributed by atoms with Crippen molar-refractivity contribution in [2.45, 2.75) is 18.9 Å². The third-order valence-corrected chi connectivity index (χ3v) is 4.25. The fraction of sp³-hybridized carbons (Fsp3) is 0.278. The van der Waals surface area contributed by atoms with Gasteiger partial charge in [-0.25, -0.2) is 4.39 Å². The molecule has 0 saturated carbocycles. The number of likely N-dealkylation sites (tertiary alicyclic amines) is 1. The molecule has 0 spiro atoms. The van der Waals surface area contributed by atoms with Crippen LogP contribution in [0.15, 0.2) is 42.7 Å². The summed E-state index contributed by atoms with van der Waals surface area (Å²) in [7, 11) is 0. The zero-order valence-corrected chi connectivity index (χ0v) is 13.5. The van der Waals surface area contributed by atoms with E-state index >= 15 is 0 Å².